The molecule has 0 bridgehead atoms. The zero-order chi connectivity index (χ0) is 26.1. The molecule has 2 aromatic rings. The van der Waals surface area contributed by atoms with Crippen molar-refractivity contribution in [2.45, 2.75) is 112 Å². The third kappa shape index (κ3) is 11.8. The van der Waals surface area contributed by atoms with E-state index < -0.39 is 8.56 Å². The predicted octanol–water partition coefficient (Wildman–Crippen LogP) is 8.66. The Labute approximate surface area is 224 Å². The van der Waals surface area contributed by atoms with Crippen LogP contribution in [-0.4, -0.2) is 21.8 Å². The van der Waals surface area contributed by atoms with E-state index in [1.165, 1.54) is 74.6 Å². The molecule has 0 aromatic heterocycles. The largest absolute Gasteiger partial charge is 0.407 e. The van der Waals surface area contributed by atoms with Crippen molar-refractivity contribution >= 4 is 18.9 Å². The van der Waals surface area contributed by atoms with Gasteiger partial charge < -0.3 is 8.85 Å². The number of benzene rings is 2. The SMILES string of the molecule is CCCCCCCCCCCCCO[Si](OCC(C)CC(C)(C)C)(c1ccccc1)c1ccccc1. The molecule has 3 heteroatoms. The maximum atomic E-state index is 6.93. The maximum Gasteiger partial charge on any atom is 0.407 e. The van der Waals surface area contributed by atoms with E-state index in [-0.39, 0.29) is 0 Å². The first-order chi connectivity index (χ1) is 17.4. The van der Waals surface area contributed by atoms with Gasteiger partial charge in [-0.15, -0.1) is 0 Å². The predicted molar refractivity (Wildman–Crippen MR) is 160 cm³/mol. The molecule has 36 heavy (non-hydrogen) atoms. The number of unbranched alkanes of at least 4 members (excludes halogenated alkanes) is 10. The molecule has 0 heterocycles. The van der Waals surface area contributed by atoms with Crippen LogP contribution in [0.2, 0.25) is 0 Å². The van der Waals surface area contributed by atoms with Gasteiger partial charge in [0.15, 0.2) is 0 Å². The van der Waals surface area contributed by atoms with Gasteiger partial charge in [0.2, 0.25) is 0 Å². The van der Waals surface area contributed by atoms with Gasteiger partial charge in [-0.1, -0.05) is 159 Å². The number of rotatable bonds is 19. The smallest absolute Gasteiger partial charge is 0.388 e. The molecule has 2 aromatic carbocycles. The average molecular weight is 511 g/mol. The Morgan fingerprint density at radius 1 is 0.639 bits per heavy atom. The molecule has 0 saturated heterocycles. The summed E-state index contributed by atoms with van der Waals surface area (Å²) in [5, 5.41) is 2.42. The second-order valence-electron chi connectivity index (χ2n) is 11.9. The van der Waals surface area contributed by atoms with Crippen LogP contribution in [0.4, 0.5) is 0 Å². The quantitative estimate of drug-likeness (QED) is 0.139. The first-order valence-electron chi connectivity index (χ1n) is 14.8. The van der Waals surface area contributed by atoms with E-state index >= 15 is 0 Å². The van der Waals surface area contributed by atoms with Crippen LogP contribution in [0.15, 0.2) is 60.7 Å². The topological polar surface area (TPSA) is 18.5 Å². The fourth-order valence-electron chi connectivity index (χ4n) is 5.20. The maximum absolute atomic E-state index is 6.93. The Hall–Kier alpha value is -1.42. The lowest BCUT2D eigenvalue weighted by atomic mass is 9.86. The molecule has 2 rings (SSSR count). The van der Waals surface area contributed by atoms with Crippen molar-refractivity contribution in [1.82, 2.24) is 0 Å². The molecule has 0 radical (unpaired) electrons. The van der Waals surface area contributed by atoms with E-state index in [9.17, 15) is 0 Å². The summed E-state index contributed by atoms with van der Waals surface area (Å²) in [5.41, 5.74) is 0.294. The summed E-state index contributed by atoms with van der Waals surface area (Å²) in [4.78, 5) is 0. The van der Waals surface area contributed by atoms with Crippen molar-refractivity contribution in [3.05, 3.63) is 60.7 Å². The van der Waals surface area contributed by atoms with Crippen LogP contribution >= 0.6 is 0 Å². The number of hydrogen-bond donors (Lipinski definition) is 0. The third-order valence-corrected chi connectivity index (χ3v) is 10.3. The molecule has 0 N–H and O–H groups in total. The van der Waals surface area contributed by atoms with Gasteiger partial charge in [-0.3, -0.25) is 0 Å². The van der Waals surface area contributed by atoms with Gasteiger partial charge in [0.05, 0.1) is 0 Å². The molecule has 2 nitrogen and oxygen atoms in total. The summed E-state index contributed by atoms with van der Waals surface area (Å²) in [6.07, 6.45) is 15.9. The van der Waals surface area contributed by atoms with E-state index in [4.69, 9.17) is 8.85 Å². The fourth-order valence-corrected chi connectivity index (χ4v) is 8.50. The number of hydrogen-bond acceptors (Lipinski definition) is 2. The van der Waals surface area contributed by atoms with E-state index in [1.54, 1.807) is 0 Å². The van der Waals surface area contributed by atoms with E-state index in [0.29, 0.717) is 11.3 Å². The van der Waals surface area contributed by atoms with Crippen molar-refractivity contribution in [2.24, 2.45) is 11.3 Å². The summed E-state index contributed by atoms with van der Waals surface area (Å²) < 4.78 is 13.8. The third-order valence-electron chi connectivity index (χ3n) is 6.89. The Bertz CT molecular complexity index is 745. The fraction of sp³-hybridized carbons (Fsp3) is 0.636. The zero-order valence-electron chi connectivity index (χ0n) is 24.1. The van der Waals surface area contributed by atoms with Gasteiger partial charge in [-0.25, -0.2) is 0 Å². The van der Waals surface area contributed by atoms with Gasteiger partial charge in [0.1, 0.15) is 0 Å². The highest BCUT2D eigenvalue weighted by molar-refractivity contribution is 6.92. The van der Waals surface area contributed by atoms with Crippen LogP contribution < -0.4 is 10.4 Å². The molecule has 1 atom stereocenters. The molecule has 0 aliphatic rings. The standard InChI is InChI=1S/C33H54O2Si/c1-6-7-8-9-10-11-12-13-14-15-22-27-34-36(31-23-18-16-19-24-31,32-25-20-17-21-26-32)35-29-30(2)28-33(3,4)5/h16-21,23-26,30H,6-15,22,27-29H2,1-5H3. The first-order valence-corrected chi connectivity index (χ1v) is 16.6. The minimum Gasteiger partial charge on any atom is -0.388 e. The second-order valence-corrected chi connectivity index (χ2v) is 14.9. The summed E-state index contributed by atoms with van der Waals surface area (Å²) >= 11 is 0. The highest BCUT2D eigenvalue weighted by atomic mass is 28.4. The highest BCUT2D eigenvalue weighted by Crippen LogP contribution is 2.25. The molecule has 0 saturated carbocycles. The van der Waals surface area contributed by atoms with E-state index in [1.807, 2.05) is 0 Å². The van der Waals surface area contributed by atoms with Crippen LogP contribution in [0.5, 0.6) is 0 Å². The summed E-state index contributed by atoms with van der Waals surface area (Å²) in [6, 6.07) is 21.5. The Kier molecular flexibility index (Phi) is 14.7. The highest BCUT2D eigenvalue weighted by Gasteiger charge is 2.43. The Morgan fingerprint density at radius 2 is 1.08 bits per heavy atom. The van der Waals surface area contributed by atoms with Gasteiger partial charge in [-0.2, -0.15) is 0 Å². The molecule has 0 fully saturated rings. The molecular weight excluding hydrogens is 456 g/mol. The lowest BCUT2D eigenvalue weighted by Gasteiger charge is -2.33. The summed E-state index contributed by atoms with van der Waals surface area (Å²) in [7, 11) is -2.78. The average Bonchev–Trinajstić information content (AvgIpc) is 2.86. The van der Waals surface area contributed by atoms with Crippen LogP contribution in [-0.2, 0) is 8.85 Å². The van der Waals surface area contributed by atoms with Crippen molar-refractivity contribution in [3.8, 4) is 0 Å². The molecule has 0 amide bonds. The Balaban J connectivity index is 1.96. The van der Waals surface area contributed by atoms with Crippen LogP contribution in [0.3, 0.4) is 0 Å². The van der Waals surface area contributed by atoms with Gasteiger partial charge in [0, 0.05) is 13.2 Å². The van der Waals surface area contributed by atoms with E-state index in [0.717, 1.165) is 26.1 Å². The van der Waals surface area contributed by atoms with Crippen LogP contribution in [0.1, 0.15) is 112 Å². The summed E-state index contributed by atoms with van der Waals surface area (Å²) in [6.45, 7) is 13.0. The normalized spacial score (nSPS) is 13.1. The minimum atomic E-state index is -2.78. The first kappa shape index (κ1) is 30.8. The van der Waals surface area contributed by atoms with Crippen LogP contribution in [0, 0.1) is 11.3 Å². The second kappa shape index (κ2) is 17.2. The molecule has 0 spiro atoms. The van der Waals surface area contributed by atoms with Crippen molar-refractivity contribution in [3.63, 3.8) is 0 Å². The molecule has 0 aliphatic heterocycles. The van der Waals surface area contributed by atoms with E-state index in [2.05, 4.69) is 95.3 Å². The molecule has 0 aliphatic carbocycles. The molecule has 1 unspecified atom stereocenters. The van der Waals surface area contributed by atoms with Crippen molar-refractivity contribution < 1.29 is 8.85 Å². The van der Waals surface area contributed by atoms with Crippen molar-refractivity contribution in [2.75, 3.05) is 13.2 Å². The summed E-state index contributed by atoms with van der Waals surface area (Å²) in [5.74, 6) is 0.481. The van der Waals surface area contributed by atoms with Gasteiger partial charge >= 0.3 is 8.56 Å². The van der Waals surface area contributed by atoms with Gasteiger partial charge in [-0.05, 0) is 34.5 Å². The zero-order valence-corrected chi connectivity index (χ0v) is 25.1. The van der Waals surface area contributed by atoms with Crippen molar-refractivity contribution in [1.29, 1.82) is 0 Å². The molecular formula is C33H54O2Si. The minimum absolute atomic E-state index is 0.294. The monoisotopic (exact) mass is 510 g/mol. The van der Waals surface area contributed by atoms with Crippen LogP contribution in [0.25, 0.3) is 0 Å². The van der Waals surface area contributed by atoms with Gasteiger partial charge in [0.25, 0.3) is 0 Å². The lowest BCUT2D eigenvalue weighted by Crippen LogP contribution is -2.64. The molecule has 202 valence electrons. The Morgan fingerprint density at radius 3 is 1.53 bits per heavy atom. The lowest BCUT2D eigenvalue weighted by molar-refractivity contribution is 0.148.